The summed E-state index contributed by atoms with van der Waals surface area (Å²) < 4.78 is 0. The Kier molecular flexibility index (Phi) is 7.05. The van der Waals surface area contributed by atoms with Crippen molar-refractivity contribution in [1.82, 2.24) is 9.97 Å². The zero-order valence-corrected chi connectivity index (χ0v) is 11.0. The van der Waals surface area contributed by atoms with Crippen molar-refractivity contribution in [3.05, 3.63) is 12.3 Å². The zero-order chi connectivity index (χ0) is 13.2. The van der Waals surface area contributed by atoms with Gasteiger partial charge in [0.25, 0.3) is 0 Å². The Morgan fingerprint density at radius 2 is 2.11 bits per heavy atom. The van der Waals surface area contributed by atoms with Crippen LogP contribution >= 0.6 is 0 Å². The zero-order valence-electron chi connectivity index (χ0n) is 11.0. The van der Waals surface area contributed by atoms with Gasteiger partial charge in [-0.1, -0.05) is 0 Å². The Bertz CT molecular complexity index is 328. The molecule has 0 aromatic carbocycles. The summed E-state index contributed by atoms with van der Waals surface area (Å²) in [7, 11) is 1.50. The Morgan fingerprint density at radius 3 is 2.78 bits per heavy atom. The predicted molar refractivity (Wildman–Crippen MR) is 73.8 cm³/mol. The number of nitrogens with two attached hydrogens (primary N) is 1. The van der Waals surface area contributed by atoms with Crippen molar-refractivity contribution in [2.24, 2.45) is 5.73 Å². The molecule has 0 bridgehead atoms. The molecule has 6 nitrogen and oxygen atoms in total. The molecule has 1 aliphatic heterocycles. The standard InChI is InChI=1S/C11H18N4O.CH5N/c16-9-3-5-12-11-13-6-4-10(14-11)15-7-1-2-8-15;1-2/h4,6,16H,1-3,5,7-9H2,(H,12,13,14);2H2,1H3. The highest BCUT2D eigenvalue weighted by atomic mass is 16.3. The summed E-state index contributed by atoms with van der Waals surface area (Å²) in [5, 5.41) is 11.8. The minimum Gasteiger partial charge on any atom is -0.396 e. The molecule has 1 saturated heterocycles. The minimum absolute atomic E-state index is 0.193. The van der Waals surface area contributed by atoms with Gasteiger partial charge < -0.3 is 21.1 Å². The molecule has 1 aromatic rings. The van der Waals surface area contributed by atoms with Gasteiger partial charge in [-0.15, -0.1) is 0 Å². The normalized spacial score (nSPS) is 14.1. The maximum Gasteiger partial charge on any atom is 0.224 e. The Balaban J connectivity index is 0.000000771. The van der Waals surface area contributed by atoms with E-state index in [0.717, 1.165) is 25.3 Å². The lowest BCUT2D eigenvalue weighted by Gasteiger charge is -2.16. The van der Waals surface area contributed by atoms with Crippen LogP contribution in [-0.2, 0) is 0 Å². The molecule has 4 N–H and O–H groups in total. The second-order valence-electron chi connectivity index (χ2n) is 3.94. The van der Waals surface area contributed by atoms with Crippen molar-refractivity contribution in [3.8, 4) is 0 Å². The summed E-state index contributed by atoms with van der Waals surface area (Å²) in [6.07, 6.45) is 4.99. The van der Waals surface area contributed by atoms with Crippen molar-refractivity contribution >= 4 is 11.8 Å². The van der Waals surface area contributed by atoms with Crippen LogP contribution in [0.25, 0.3) is 0 Å². The second kappa shape index (κ2) is 8.66. The molecule has 6 heteroatoms. The second-order valence-corrected chi connectivity index (χ2v) is 3.94. The van der Waals surface area contributed by atoms with Crippen LogP contribution in [0.15, 0.2) is 12.3 Å². The number of nitrogens with zero attached hydrogens (tertiary/aromatic N) is 3. The third kappa shape index (κ3) is 4.46. The molecule has 1 fully saturated rings. The van der Waals surface area contributed by atoms with Crippen LogP contribution in [0.3, 0.4) is 0 Å². The SMILES string of the molecule is CN.OCCCNc1nccc(N2CCCC2)n1. The maximum absolute atomic E-state index is 8.68. The number of hydrogen-bond acceptors (Lipinski definition) is 6. The van der Waals surface area contributed by atoms with Gasteiger partial charge >= 0.3 is 0 Å². The van der Waals surface area contributed by atoms with E-state index in [1.165, 1.54) is 19.9 Å². The van der Waals surface area contributed by atoms with E-state index in [1.807, 2.05) is 6.07 Å². The molecule has 0 spiro atoms. The van der Waals surface area contributed by atoms with E-state index in [0.29, 0.717) is 12.5 Å². The van der Waals surface area contributed by atoms with Gasteiger partial charge in [-0.3, -0.25) is 0 Å². The van der Waals surface area contributed by atoms with Crippen LogP contribution in [0.2, 0.25) is 0 Å². The summed E-state index contributed by atoms with van der Waals surface area (Å²) >= 11 is 0. The molecule has 0 aliphatic carbocycles. The first-order chi connectivity index (χ1) is 8.90. The number of hydrogen-bond donors (Lipinski definition) is 3. The number of aliphatic hydroxyl groups excluding tert-OH is 1. The van der Waals surface area contributed by atoms with Gasteiger partial charge in [-0.2, -0.15) is 4.98 Å². The van der Waals surface area contributed by atoms with Crippen LogP contribution in [0.4, 0.5) is 11.8 Å². The largest absolute Gasteiger partial charge is 0.396 e. The first-order valence-electron chi connectivity index (χ1n) is 6.40. The monoisotopic (exact) mass is 253 g/mol. The summed E-state index contributed by atoms with van der Waals surface area (Å²) in [5.41, 5.74) is 4.50. The first kappa shape index (κ1) is 14.7. The molecule has 0 saturated carbocycles. The van der Waals surface area contributed by atoms with Gasteiger partial charge in [0.15, 0.2) is 0 Å². The number of anilines is 2. The summed E-state index contributed by atoms with van der Waals surface area (Å²) in [6.45, 7) is 3.08. The van der Waals surface area contributed by atoms with Gasteiger partial charge in [-0.05, 0) is 32.4 Å². The fourth-order valence-corrected chi connectivity index (χ4v) is 1.84. The third-order valence-electron chi connectivity index (χ3n) is 2.69. The number of rotatable bonds is 5. The Labute approximate surface area is 108 Å². The molecule has 2 rings (SSSR count). The van der Waals surface area contributed by atoms with Gasteiger partial charge in [0, 0.05) is 32.4 Å². The molecule has 1 aromatic heterocycles. The molecule has 0 atom stereocenters. The van der Waals surface area contributed by atoms with Crippen molar-refractivity contribution < 1.29 is 5.11 Å². The van der Waals surface area contributed by atoms with Crippen LogP contribution < -0.4 is 16.0 Å². The smallest absolute Gasteiger partial charge is 0.224 e. The van der Waals surface area contributed by atoms with Crippen LogP contribution in [0.1, 0.15) is 19.3 Å². The molecular formula is C12H23N5O. The molecule has 0 radical (unpaired) electrons. The molecule has 0 amide bonds. The third-order valence-corrected chi connectivity index (χ3v) is 2.69. The number of nitrogens with one attached hydrogen (secondary N) is 1. The Morgan fingerprint density at radius 1 is 1.39 bits per heavy atom. The molecule has 2 heterocycles. The molecule has 102 valence electrons. The summed E-state index contributed by atoms with van der Waals surface area (Å²) in [4.78, 5) is 10.9. The molecule has 0 unspecified atom stereocenters. The van der Waals surface area contributed by atoms with Crippen LogP contribution in [0, 0.1) is 0 Å². The van der Waals surface area contributed by atoms with Crippen LogP contribution in [0.5, 0.6) is 0 Å². The fourth-order valence-electron chi connectivity index (χ4n) is 1.84. The number of aromatic nitrogens is 2. The highest BCUT2D eigenvalue weighted by Crippen LogP contribution is 2.17. The lowest BCUT2D eigenvalue weighted by atomic mass is 10.4. The first-order valence-corrected chi connectivity index (χ1v) is 6.40. The van der Waals surface area contributed by atoms with E-state index in [4.69, 9.17) is 5.11 Å². The summed E-state index contributed by atoms with van der Waals surface area (Å²) in [6, 6.07) is 1.95. The molecular weight excluding hydrogens is 230 g/mol. The van der Waals surface area contributed by atoms with E-state index in [1.54, 1.807) is 6.20 Å². The lowest BCUT2D eigenvalue weighted by Crippen LogP contribution is -2.19. The fraction of sp³-hybridized carbons (Fsp3) is 0.667. The van der Waals surface area contributed by atoms with Crippen molar-refractivity contribution in [1.29, 1.82) is 0 Å². The topological polar surface area (TPSA) is 87.3 Å². The van der Waals surface area contributed by atoms with Crippen LogP contribution in [-0.4, -0.2) is 48.4 Å². The van der Waals surface area contributed by atoms with Gasteiger partial charge in [0.2, 0.25) is 5.95 Å². The van der Waals surface area contributed by atoms with E-state index in [9.17, 15) is 0 Å². The quantitative estimate of drug-likeness (QED) is 0.660. The van der Waals surface area contributed by atoms with Crippen molar-refractivity contribution in [2.45, 2.75) is 19.3 Å². The van der Waals surface area contributed by atoms with Crippen molar-refractivity contribution in [2.75, 3.05) is 43.5 Å². The van der Waals surface area contributed by atoms with Gasteiger partial charge in [0.05, 0.1) is 0 Å². The highest BCUT2D eigenvalue weighted by molar-refractivity contribution is 5.43. The van der Waals surface area contributed by atoms with E-state index in [2.05, 4.69) is 25.9 Å². The summed E-state index contributed by atoms with van der Waals surface area (Å²) in [5.74, 6) is 1.65. The maximum atomic E-state index is 8.68. The van der Waals surface area contributed by atoms with Crippen molar-refractivity contribution in [3.63, 3.8) is 0 Å². The van der Waals surface area contributed by atoms with E-state index < -0.39 is 0 Å². The lowest BCUT2D eigenvalue weighted by molar-refractivity contribution is 0.292. The van der Waals surface area contributed by atoms with Gasteiger partial charge in [0.1, 0.15) is 5.82 Å². The average Bonchev–Trinajstić information content (AvgIpc) is 2.96. The van der Waals surface area contributed by atoms with E-state index in [-0.39, 0.29) is 6.61 Å². The molecule has 18 heavy (non-hydrogen) atoms. The van der Waals surface area contributed by atoms with E-state index >= 15 is 0 Å². The minimum atomic E-state index is 0.193. The average molecular weight is 253 g/mol. The predicted octanol–water partition coefficient (Wildman–Crippen LogP) is 0.446. The molecule has 1 aliphatic rings. The number of aliphatic hydroxyl groups is 1. The Hall–Kier alpha value is -1.40. The highest BCUT2D eigenvalue weighted by Gasteiger charge is 2.13. The van der Waals surface area contributed by atoms with Gasteiger partial charge in [-0.25, -0.2) is 4.98 Å².